The van der Waals surface area contributed by atoms with Gasteiger partial charge in [-0.15, -0.1) is 0 Å². The van der Waals surface area contributed by atoms with E-state index in [9.17, 15) is 13.2 Å². The van der Waals surface area contributed by atoms with Crippen LogP contribution in [0.2, 0.25) is 0 Å². The Morgan fingerprint density at radius 2 is 2.18 bits per heavy atom. The molecule has 0 aliphatic rings. The molecule has 98 valence electrons. The summed E-state index contributed by atoms with van der Waals surface area (Å²) < 4.78 is 38.6. The van der Waals surface area contributed by atoms with Crippen LogP contribution < -0.4 is 0 Å². The molecule has 0 N–H and O–H groups in total. The van der Waals surface area contributed by atoms with E-state index >= 15 is 0 Å². The van der Waals surface area contributed by atoms with E-state index < -0.39 is 12.7 Å². The van der Waals surface area contributed by atoms with Gasteiger partial charge in [0.1, 0.15) is 12.2 Å². The number of hydrogen-bond acceptors (Lipinski definition) is 3. The number of aromatic nitrogens is 3. The molecule has 0 aliphatic carbocycles. The Morgan fingerprint density at radius 1 is 1.47 bits per heavy atom. The van der Waals surface area contributed by atoms with Crippen molar-refractivity contribution < 1.29 is 13.2 Å². The minimum Gasteiger partial charge on any atom is -0.287 e. The molecule has 0 aliphatic heterocycles. The van der Waals surface area contributed by atoms with E-state index in [-0.39, 0.29) is 6.54 Å². The van der Waals surface area contributed by atoms with Crippen molar-refractivity contribution in [3.63, 3.8) is 0 Å². The lowest BCUT2D eigenvalue weighted by Gasteiger charge is -2.22. The highest BCUT2D eigenvalue weighted by molar-refractivity contribution is 9.09. The van der Waals surface area contributed by atoms with Crippen LogP contribution in [0.3, 0.4) is 0 Å². The number of rotatable bonds is 6. The zero-order chi connectivity index (χ0) is 12.9. The zero-order valence-corrected chi connectivity index (χ0v) is 11.0. The average Bonchev–Trinajstić information content (AvgIpc) is 2.63. The molecule has 0 radical (unpaired) electrons. The average molecular weight is 315 g/mol. The Kier molecular flexibility index (Phi) is 5.38. The Bertz CT molecular complexity index is 339. The van der Waals surface area contributed by atoms with Crippen LogP contribution in [0.4, 0.5) is 13.2 Å². The Balaban J connectivity index is 2.66. The molecular formula is C9H14BrF3N4. The van der Waals surface area contributed by atoms with Crippen LogP contribution >= 0.6 is 15.9 Å². The summed E-state index contributed by atoms with van der Waals surface area (Å²) in [4.78, 5) is 5.26. The molecule has 1 aromatic rings. The summed E-state index contributed by atoms with van der Waals surface area (Å²) in [6, 6.07) is 0. The van der Waals surface area contributed by atoms with Crippen LogP contribution in [0.5, 0.6) is 0 Å². The maximum Gasteiger partial charge on any atom is 0.401 e. The van der Waals surface area contributed by atoms with Gasteiger partial charge in [0.25, 0.3) is 0 Å². The first-order valence-electron chi connectivity index (χ1n) is 5.18. The van der Waals surface area contributed by atoms with Crippen molar-refractivity contribution in [1.29, 1.82) is 0 Å². The largest absolute Gasteiger partial charge is 0.401 e. The van der Waals surface area contributed by atoms with Gasteiger partial charge in [0.2, 0.25) is 0 Å². The molecular weight excluding hydrogens is 301 g/mol. The van der Waals surface area contributed by atoms with Crippen LogP contribution in [0.25, 0.3) is 0 Å². The van der Waals surface area contributed by atoms with E-state index in [1.165, 1.54) is 11.2 Å². The quantitative estimate of drug-likeness (QED) is 0.754. The molecule has 0 atom stereocenters. The third kappa shape index (κ3) is 5.03. The van der Waals surface area contributed by atoms with E-state index in [0.717, 1.165) is 0 Å². The van der Waals surface area contributed by atoms with Gasteiger partial charge in [0.05, 0.1) is 13.1 Å². The Morgan fingerprint density at radius 3 is 2.71 bits per heavy atom. The molecule has 0 aromatic carbocycles. The second kappa shape index (κ2) is 6.34. The zero-order valence-electron chi connectivity index (χ0n) is 9.41. The van der Waals surface area contributed by atoms with Crippen molar-refractivity contribution in [3.05, 3.63) is 12.2 Å². The summed E-state index contributed by atoms with van der Waals surface area (Å²) in [7, 11) is 0. The Labute approximate surface area is 106 Å². The monoisotopic (exact) mass is 314 g/mol. The second-order valence-corrected chi connectivity index (χ2v) is 4.30. The lowest BCUT2D eigenvalue weighted by molar-refractivity contribution is -0.146. The van der Waals surface area contributed by atoms with Gasteiger partial charge in [0.15, 0.2) is 0 Å². The minimum atomic E-state index is -4.20. The van der Waals surface area contributed by atoms with Crippen LogP contribution in [-0.4, -0.2) is 44.3 Å². The molecule has 1 rings (SSSR count). The van der Waals surface area contributed by atoms with E-state index in [2.05, 4.69) is 26.0 Å². The molecule has 0 fully saturated rings. The molecule has 0 bridgehead atoms. The first-order chi connectivity index (χ1) is 7.96. The number of aryl methyl sites for hydroxylation is 1. The van der Waals surface area contributed by atoms with Gasteiger partial charge in [-0.1, -0.05) is 15.9 Å². The molecule has 1 heterocycles. The molecule has 1 aromatic heterocycles. The highest BCUT2D eigenvalue weighted by atomic mass is 79.9. The van der Waals surface area contributed by atoms with Crippen LogP contribution in [-0.2, 0) is 13.1 Å². The van der Waals surface area contributed by atoms with Crippen LogP contribution in [0.1, 0.15) is 12.7 Å². The predicted octanol–water partition coefficient (Wildman–Crippen LogP) is 2.06. The minimum absolute atomic E-state index is 0.152. The topological polar surface area (TPSA) is 34.0 Å². The molecule has 0 amide bonds. The molecule has 0 saturated carbocycles. The number of alkyl halides is 4. The summed E-state index contributed by atoms with van der Waals surface area (Å²) in [5.74, 6) is 0.553. The van der Waals surface area contributed by atoms with Crippen molar-refractivity contribution in [1.82, 2.24) is 19.7 Å². The van der Waals surface area contributed by atoms with Gasteiger partial charge in [0, 0.05) is 18.4 Å². The summed E-state index contributed by atoms with van der Waals surface area (Å²) in [5, 5.41) is 4.42. The first-order valence-corrected chi connectivity index (χ1v) is 6.30. The van der Waals surface area contributed by atoms with E-state index in [0.29, 0.717) is 24.2 Å². The van der Waals surface area contributed by atoms with Gasteiger partial charge in [-0.3, -0.25) is 4.90 Å². The predicted molar refractivity (Wildman–Crippen MR) is 60.8 cm³/mol. The van der Waals surface area contributed by atoms with Crippen molar-refractivity contribution in [2.75, 3.05) is 18.4 Å². The molecule has 0 spiro atoms. The van der Waals surface area contributed by atoms with Crippen LogP contribution in [0, 0.1) is 0 Å². The fourth-order valence-electron chi connectivity index (χ4n) is 1.46. The summed E-state index contributed by atoms with van der Waals surface area (Å²) in [6.07, 6.45) is -2.84. The summed E-state index contributed by atoms with van der Waals surface area (Å²) in [6.45, 7) is 2.00. The molecule has 17 heavy (non-hydrogen) atoms. The van der Waals surface area contributed by atoms with E-state index in [1.54, 1.807) is 4.68 Å². The third-order valence-electron chi connectivity index (χ3n) is 2.16. The van der Waals surface area contributed by atoms with Gasteiger partial charge in [-0.05, 0) is 6.92 Å². The highest BCUT2D eigenvalue weighted by Gasteiger charge is 2.30. The molecule has 0 unspecified atom stereocenters. The molecule has 0 saturated heterocycles. The van der Waals surface area contributed by atoms with E-state index in [4.69, 9.17) is 0 Å². The molecule has 8 heteroatoms. The first kappa shape index (κ1) is 14.4. The summed E-state index contributed by atoms with van der Waals surface area (Å²) >= 11 is 3.15. The smallest absolute Gasteiger partial charge is 0.287 e. The maximum atomic E-state index is 12.3. The van der Waals surface area contributed by atoms with Gasteiger partial charge < -0.3 is 0 Å². The lowest BCUT2D eigenvalue weighted by atomic mass is 10.4. The van der Waals surface area contributed by atoms with Crippen molar-refractivity contribution in [3.8, 4) is 0 Å². The third-order valence-corrected chi connectivity index (χ3v) is 2.52. The standard InChI is InChI=1S/C9H14BrF3N4/c1-2-17-8(14-7-15-17)5-16(4-3-10)6-9(11,12)13/h7H,2-6H2,1H3. The normalized spacial score (nSPS) is 12.4. The van der Waals surface area contributed by atoms with Crippen molar-refractivity contribution in [2.24, 2.45) is 0 Å². The van der Waals surface area contributed by atoms with Gasteiger partial charge >= 0.3 is 6.18 Å². The van der Waals surface area contributed by atoms with Gasteiger partial charge in [-0.2, -0.15) is 18.3 Å². The van der Waals surface area contributed by atoms with Crippen molar-refractivity contribution in [2.45, 2.75) is 26.2 Å². The van der Waals surface area contributed by atoms with Crippen LogP contribution in [0.15, 0.2) is 6.33 Å². The lowest BCUT2D eigenvalue weighted by Crippen LogP contribution is -2.36. The number of hydrogen-bond donors (Lipinski definition) is 0. The Hall–Kier alpha value is -0.630. The SMILES string of the molecule is CCn1ncnc1CN(CCBr)CC(F)(F)F. The highest BCUT2D eigenvalue weighted by Crippen LogP contribution is 2.17. The fraction of sp³-hybridized carbons (Fsp3) is 0.778. The summed E-state index contributed by atoms with van der Waals surface area (Å²) in [5.41, 5.74) is 0. The second-order valence-electron chi connectivity index (χ2n) is 3.51. The number of nitrogens with zero attached hydrogens (tertiary/aromatic N) is 4. The van der Waals surface area contributed by atoms with E-state index in [1.807, 2.05) is 6.92 Å². The maximum absolute atomic E-state index is 12.3. The van der Waals surface area contributed by atoms with Gasteiger partial charge in [-0.25, -0.2) is 9.67 Å². The number of halogens is 4. The molecule has 4 nitrogen and oxygen atoms in total. The van der Waals surface area contributed by atoms with Crippen molar-refractivity contribution >= 4 is 15.9 Å². The fourth-order valence-corrected chi connectivity index (χ4v) is 1.96.